The van der Waals surface area contributed by atoms with Gasteiger partial charge in [-0.05, 0) is 50.9 Å². The van der Waals surface area contributed by atoms with Gasteiger partial charge >= 0.3 is 11.9 Å². The van der Waals surface area contributed by atoms with Gasteiger partial charge in [-0.2, -0.15) is 0 Å². The molecule has 0 aromatic heterocycles. The number of unbranched alkanes of at least 4 members (excludes halogenated alkanes) is 13. The van der Waals surface area contributed by atoms with Gasteiger partial charge in [-0.15, -0.1) is 0 Å². The Morgan fingerprint density at radius 1 is 0.562 bits per heavy atom. The van der Waals surface area contributed by atoms with Crippen LogP contribution in [0.1, 0.15) is 162 Å². The summed E-state index contributed by atoms with van der Waals surface area (Å²) >= 11 is 0. The van der Waals surface area contributed by atoms with E-state index in [1.165, 1.54) is 70.6 Å². The van der Waals surface area contributed by atoms with E-state index in [-0.39, 0.29) is 31.3 Å². The Morgan fingerprint density at radius 2 is 1.00 bits per heavy atom. The molecule has 0 aliphatic rings. The molecule has 0 aliphatic carbocycles. The molecule has 0 heterocycles. The third-order valence-corrected chi connectivity index (χ3v) is 8.10. The van der Waals surface area contributed by atoms with Gasteiger partial charge in [0.25, 0.3) is 0 Å². The summed E-state index contributed by atoms with van der Waals surface area (Å²) in [7, 11) is 0. The Bertz CT molecular complexity index is 885. The molecule has 48 heavy (non-hydrogen) atoms. The van der Waals surface area contributed by atoms with Crippen LogP contribution in [-0.2, 0) is 19.1 Å². The van der Waals surface area contributed by atoms with Crippen LogP contribution >= 0.6 is 0 Å². The van der Waals surface area contributed by atoms with Crippen molar-refractivity contribution in [3.8, 4) is 0 Å². The average Bonchev–Trinajstić information content (AvgIpc) is 3.07. The molecule has 0 fully saturated rings. The van der Waals surface area contributed by atoms with Crippen molar-refractivity contribution in [3.63, 3.8) is 0 Å². The summed E-state index contributed by atoms with van der Waals surface area (Å²) in [6.45, 7) is 6.26. The summed E-state index contributed by atoms with van der Waals surface area (Å²) in [5.74, 6) is 0.189. The zero-order valence-corrected chi connectivity index (χ0v) is 31.0. The summed E-state index contributed by atoms with van der Waals surface area (Å²) in [6.07, 6.45) is 42.3. The number of carbonyl (C=O) groups excluding carboxylic acids is 2. The quantitative estimate of drug-likeness (QED) is 0.0312. The lowest BCUT2D eigenvalue weighted by molar-refractivity contribution is -0.152. The minimum absolute atomic E-state index is 0.143. The Morgan fingerprint density at radius 3 is 1.50 bits per heavy atom. The van der Waals surface area contributed by atoms with Crippen LogP contribution in [0.25, 0.3) is 0 Å². The second kappa shape index (κ2) is 35.9. The first-order valence-corrected chi connectivity index (χ1v) is 19.3. The van der Waals surface area contributed by atoms with Crippen molar-refractivity contribution in [3.05, 3.63) is 60.8 Å². The van der Waals surface area contributed by atoms with Gasteiger partial charge in [-0.1, -0.05) is 165 Å². The summed E-state index contributed by atoms with van der Waals surface area (Å²) < 4.78 is 10.3. The van der Waals surface area contributed by atoms with Crippen molar-refractivity contribution in [2.24, 2.45) is 5.92 Å². The molecule has 276 valence electrons. The normalized spacial score (nSPS) is 13.6. The molecule has 0 aromatic carbocycles. The smallest absolute Gasteiger partial charge is 0.305 e. The Balaban J connectivity index is 3.57. The van der Waals surface area contributed by atoms with Gasteiger partial charge in [0, 0.05) is 12.8 Å². The highest BCUT2D eigenvalue weighted by Crippen LogP contribution is 2.15. The van der Waals surface area contributed by atoms with E-state index < -0.39 is 6.10 Å². The van der Waals surface area contributed by atoms with E-state index in [1.54, 1.807) is 6.08 Å². The molecule has 0 amide bonds. The fourth-order valence-corrected chi connectivity index (χ4v) is 5.02. The van der Waals surface area contributed by atoms with E-state index in [0.29, 0.717) is 19.3 Å². The maximum atomic E-state index is 12.0. The highest BCUT2D eigenvalue weighted by atomic mass is 16.6. The van der Waals surface area contributed by atoms with Crippen molar-refractivity contribution in [1.29, 1.82) is 0 Å². The highest BCUT2D eigenvalue weighted by Gasteiger charge is 2.12. The molecule has 6 heteroatoms. The number of aliphatic hydroxyl groups excluding tert-OH is 2. The lowest BCUT2D eigenvalue weighted by atomic mass is 10.0. The van der Waals surface area contributed by atoms with Crippen LogP contribution in [0.5, 0.6) is 0 Å². The number of carbonyl (C=O) groups is 2. The number of allylic oxidation sites excluding steroid dienone is 9. The fraction of sp³-hybridized carbons (Fsp3) is 0.714. The molecular formula is C42H72O6. The van der Waals surface area contributed by atoms with Gasteiger partial charge in [-0.3, -0.25) is 9.59 Å². The Labute approximate surface area is 294 Å². The third kappa shape index (κ3) is 36.4. The van der Waals surface area contributed by atoms with Crippen LogP contribution in [0.2, 0.25) is 0 Å². The van der Waals surface area contributed by atoms with Crippen molar-refractivity contribution in [1.82, 2.24) is 0 Å². The molecule has 0 spiro atoms. The van der Waals surface area contributed by atoms with E-state index in [4.69, 9.17) is 9.47 Å². The summed E-state index contributed by atoms with van der Waals surface area (Å²) in [4.78, 5) is 23.9. The van der Waals surface area contributed by atoms with Crippen molar-refractivity contribution < 1.29 is 29.3 Å². The van der Waals surface area contributed by atoms with Crippen molar-refractivity contribution in [2.75, 3.05) is 13.2 Å². The molecule has 0 saturated heterocycles. The first-order valence-electron chi connectivity index (χ1n) is 19.3. The molecule has 0 radical (unpaired) electrons. The van der Waals surface area contributed by atoms with Gasteiger partial charge in [0.15, 0.2) is 0 Å². The van der Waals surface area contributed by atoms with E-state index in [9.17, 15) is 19.8 Å². The number of hydrogen-bond donors (Lipinski definition) is 2. The zero-order chi connectivity index (χ0) is 35.3. The van der Waals surface area contributed by atoms with Gasteiger partial charge in [0.1, 0.15) is 19.3 Å². The largest absolute Gasteiger partial charge is 0.463 e. The summed E-state index contributed by atoms with van der Waals surface area (Å²) in [5.41, 5.74) is 0. The molecular weight excluding hydrogens is 600 g/mol. The molecule has 2 atom stereocenters. The minimum atomic E-state index is -0.997. The number of hydrogen-bond acceptors (Lipinski definition) is 6. The van der Waals surface area contributed by atoms with Crippen LogP contribution in [0.3, 0.4) is 0 Å². The predicted molar refractivity (Wildman–Crippen MR) is 202 cm³/mol. The van der Waals surface area contributed by atoms with Gasteiger partial charge in [-0.25, -0.2) is 0 Å². The van der Waals surface area contributed by atoms with Crippen LogP contribution in [0.4, 0.5) is 0 Å². The molecule has 0 aliphatic heterocycles. The minimum Gasteiger partial charge on any atom is -0.463 e. The lowest BCUT2D eigenvalue weighted by Gasteiger charge is -2.12. The van der Waals surface area contributed by atoms with Crippen LogP contribution < -0.4 is 0 Å². The molecule has 0 rings (SSSR count). The van der Waals surface area contributed by atoms with Gasteiger partial charge < -0.3 is 19.7 Å². The number of ether oxygens (including phenoxy) is 2. The summed E-state index contributed by atoms with van der Waals surface area (Å²) in [5, 5.41) is 19.4. The standard InChI is InChI=1S/C42H72O6/c1-4-39(43)33-29-25-21-17-13-9-5-6-10-14-18-22-26-30-34-41(45)47-36-40(44)37-48-42(46)35-31-27-23-19-15-11-7-8-12-16-20-24-28-32-38(2)3/h6,9-10,13,18,21-22,25,29,33,38-40,43-44H,4-5,7-8,11-12,14-17,19-20,23-24,26-28,30-32,34-37H2,1-3H3/b10-6-,13-9-,22-18-,25-21-,33-29+/t39-,40+/m0/s1. The molecule has 2 N–H and O–H groups in total. The van der Waals surface area contributed by atoms with Crippen molar-refractivity contribution >= 4 is 11.9 Å². The van der Waals surface area contributed by atoms with Crippen molar-refractivity contribution in [2.45, 2.75) is 174 Å². The van der Waals surface area contributed by atoms with Crippen LogP contribution in [0, 0.1) is 5.92 Å². The number of aliphatic hydroxyl groups is 2. The third-order valence-electron chi connectivity index (χ3n) is 8.10. The van der Waals surface area contributed by atoms with Gasteiger partial charge in [0.05, 0.1) is 6.10 Å². The molecule has 0 unspecified atom stereocenters. The lowest BCUT2D eigenvalue weighted by Crippen LogP contribution is -2.25. The van der Waals surface area contributed by atoms with E-state index in [2.05, 4.69) is 56.4 Å². The Kier molecular flexibility index (Phi) is 34.0. The second-order valence-electron chi connectivity index (χ2n) is 13.4. The zero-order valence-electron chi connectivity index (χ0n) is 31.0. The van der Waals surface area contributed by atoms with Crippen LogP contribution in [-0.4, -0.2) is 47.6 Å². The maximum Gasteiger partial charge on any atom is 0.305 e. The van der Waals surface area contributed by atoms with E-state index >= 15 is 0 Å². The van der Waals surface area contributed by atoms with Crippen LogP contribution in [0.15, 0.2) is 60.8 Å². The second-order valence-corrected chi connectivity index (χ2v) is 13.4. The highest BCUT2D eigenvalue weighted by molar-refractivity contribution is 5.69. The monoisotopic (exact) mass is 673 g/mol. The molecule has 0 saturated carbocycles. The van der Waals surface area contributed by atoms with E-state index in [1.807, 2.05) is 19.1 Å². The first-order chi connectivity index (χ1) is 23.3. The van der Waals surface area contributed by atoms with Gasteiger partial charge in [0.2, 0.25) is 0 Å². The number of esters is 2. The first kappa shape index (κ1) is 45.6. The topological polar surface area (TPSA) is 93.1 Å². The fourth-order valence-electron chi connectivity index (χ4n) is 5.02. The molecule has 6 nitrogen and oxygen atoms in total. The van der Waals surface area contributed by atoms with E-state index in [0.717, 1.165) is 57.3 Å². The molecule has 0 bridgehead atoms. The number of rotatable bonds is 33. The average molecular weight is 673 g/mol. The maximum absolute atomic E-state index is 12.0. The Hall–Kier alpha value is -2.44. The predicted octanol–water partition coefficient (Wildman–Crippen LogP) is 10.8. The summed E-state index contributed by atoms with van der Waals surface area (Å²) in [6, 6.07) is 0. The molecule has 0 aromatic rings. The SMILES string of the molecule is CC[C@H](O)/C=C/C=C\C/C=C\C/C=C\C/C=C\CCCC(=O)OC[C@@H](O)COC(=O)CCCCCCCCCCCCCCCC(C)C.